The van der Waals surface area contributed by atoms with Gasteiger partial charge >= 0.3 is 6.36 Å². The summed E-state index contributed by atoms with van der Waals surface area (Å²) >= 11 is 5.67. The molecule has 0 spiro atoms. The predicted molar refractivity (Wildman–Crippen MR) is 104 cm³/mol. The zero-order valence-corrected chi connectivity index (χ0v) is 17.9. The highest BCUT2D eigenvalue weighted by atomic mass is 35.5. The zero-order chi connectivity index (χ0) is 23.6. The van der Waals surface area contributed by atoms with Crippen LogP contribution in [-0.4, -0.2) is 47.8 Å². The molecular formula is C20H20ClF4N3O5. The van der Waals surface area contributed by atoms with Crippen molar-refractivity contribution in [3.05, 3.63) is 40.8 Å². The molecule has 1 aromatic carbocycles. The van der Waals surface area contributed by atoms with Crippen molar-refractivity contribution >= 4 is 17.5 Å². The second kappa shape index (κ2) is 9.82. The Morgan fingerprint density at radius 2 is 1.97 bits per heavy atom. The number of benzene rings is 1. The Morgan fingerprint density at radius 1 is 1.21 bits per heavy atom. The average Bonchev–Trinajstić information content (AvgIpc) is 3.19. The summed E-state index contributed by atoms with van der Waals surface area (Å²) in [6, 6.07) is 3.61. The molecule has 1 aliphatic carbocycles. The summed E-state index contributed by atoms with van der Waals surface area (Å²) in [5, 5.41) is 10.8. The molecule has 1 aromatic heterocycles. The zero-order valence-electron chi connectivity index (χ0n) is 17.1. The Hall–Kier alpha value is -2.44. The summed E-state index contributed by atoms with van der Waals surface area (Å²) in [4.78, 5) is 12.1. The summed E-state index contributed by atoms with van der Waals surface area (Å²) in [5.74, 6) is -0.946. The van der Waals surface area contributed by atoms with Gasteiger partial charge in [0.2, 0.25) is 11.8 Å². The third kappa shape index (κ3) is 6.33. The summed E-state index contributed by atoms with van der Waals surface area (Å²) < 4.78 is 70.8. The number of carbonyl (C=O) groups is 1. The number of halogens is 5. The number of rotatable bonds is 7. The van der Waals surface area contributed by atoms with Crippen molar-refractivity contribution in [2.75, 3.05) is 13.2 Å². The lowest BCUT2D eigenvalue weighted by molar-refractivity contribution is -0.352. The number of carbonyl (C=O) groups excluding carboxylic acids is 1. The monoisotopic (exact) mass is 493 g/mol. The number of ether oxygens (including phenoxy) is 3. The van der Waals surface area contributed by atoms with E-state index >= 15 is 0 Å². The Labute approximate surface area is 190 Å². The van der Waals surface area contributed by atoms with Crippen molar-refractivity contribution in [3.63, 3.8) is 0 Å². The molecule has 1 N–H and O–H groups in total. The van der Waals surface area contributed by atoms with Crippen LogP contribution in [0.3, 0.4) is 0 Å². The van der Waals surface area contributed by atoms with E-state index in [9.17, 15) is 22.4 Å². The molecule has 2 heterocycles. The first kappa shape index (κ1) is 23.7. The molecule has 1 aliphatic heterocycles. The largest absolute Gasteiger partial charge is 0.522 e. The fourth-order valence-corrected chi connectivity index (χ4v) is 3.82. The van der Waals surface area contributed by atoms with Crippen LogP contribution in [0.15, 0.2) is 22.6 Å². The van der Waals surface area contributed by atoms with Crippen molar-refractivity contribution in [2.24, 2.45) is 0 Å². The van der Waals surface area contributed by atoms with Gasteiger partial charge in [-0.25, -0.2) is 4.39 Å². The van der Waals surface area contributed by atoms with Gasteiger partial charge < -0.3 is 19.2 Å². The van der Waals surface area contributed by atoms with Gasteiger partial charge in [-0.2, -0.15) is 0 Å². The lowest BCUT2D eigenvalue weighted by Crippen LogP contribution is -2.43. The quantitative estimate of drug-likeness (QED) is 0.581. The maximum absolute atomic E-state index is 13.7. The molecule has 0 bridgehead atoms. The topological polar surface area (TPSA) is 95.7 Å². The second-order valence-electron chi connectivity index (χ2n) is 7.86. The lowest BCUT2D eigenvalue weighted by atomic mass is 9.82. The Bertz CT molecular complexity index is 975. The van der Waals surface area contributed by atoms with Crippen LogP contribution < -0.4 is 10.1 Å². The van der Waals surface area contributed by atoms with Gasteiger partial charge in [0.25, 0.3) is 5.91 Å². The smallest absolute Gasteiger partial charge is 0.481 e. The Balaban J connectivity index is 1.18. The van der Waals surface area contributed by atoms with Gasteiger partial charge in [-0.1, -0.05) is 11.6 Å². The van der Waals surface area contributed by atoms with Gasteiger partial charge in [-0.3, -0.25) is 9.53 Å². The van der Waals surface area contributed by atoms with Crippen LogP contribution in [0.5, 0.6) is 5.75 Å². The minimum Gasteiger partial charge on any atom is -0.481 e. The first-order valence-electron chi connectivity index (χ1n) is 10.2. The first-order chi connectivity index (χ1) is 15.7. The molecule has 33 heavy (non-hydrogen) atoms. The molecule has 2 fully saturated rings. The highest BCUT2D eigenvalue weighted by Crippen LogP contribution is 2.41. The number of nitrogens with zero attached hydrogens (tertiary/aromatic N) is 2. The van der Waals surface area contributed by atoms with Crippen LogP contribution in [0.4, 0.5) is 17.6 Å². The molecular weight excluding hydrogens is 474 g/mol. The van der Waals surface area contributed by atoms with Crippen molar-refractivity contribution in [1.82, 2.24) is 15.5 Å². The molecule has 1 saturated heterocycles. The van der Waals surface area contributed by atoms with Crippen LogP contribution in [0.1, 0.15) is 49.5 Å². The number of hydrogen-bond acceptors (Lipinski definition) is 7. The van der Waals surface area contributed by atoms with Gasteiger partial charge in [0.15, 0.2) is 18.2 Å². The molecule has 2 aromatic rings. The first-order valence-corrected chi connectivity index (χ1v) is 10.6. The summed E-state index contributed by atoms with van der Waals surface area (Å²) in [5.41, 5.74) is 0. The van der Waals surface area contributed by atoms with Gasteiger partial charge in [0.1, 0.15) is 6.10 Å². The highest BCUT2D eigenvalue weighted by molar-refractivity contribution is 6.30. The molecule has 13 heteroatoms. The Kier molecular flexibility index (Phi) is 7.05. The molecule has 8 nitrogen and oxygen atoms in total. The van der Waals surface area contributed by atoms with E-state index in [2.05, 4.69) is 20.3 Å². The minimum absolute atomic E-state index is 0.0792. The maximum Gasteiger partial charge on any atom is 0.522 e. The SMILES string of the molecule is O=C(COc1ccc(Cl)cc1F)N[C@@H]1CC[C@@H](c2nnc(C3CC(OC(F)(F)F)C3)o2)OC1. The van der Waals surface area contributed by atoms with E-state index in [0.717, 1.165) is 6.07 Å². The van der Waals surface area contributed by atoms with E-state index in [1.54, 1.807) is 0 Å². The molecule has 180 valence electrons. The molecule has 2 aliphatic rings. The third-order valence-electron chi connectivity index (χ3n) is 5.37. The number of aromatic nitrogens is 2. The molecule has 0 radical (unpaired) electrons. The minimum atomic E-state index is -4.66. The van der Waals surface area contributed by atoms with Gasteiger partial charge in [-0.05, 0) is 43.9 Å². The van der Waals surface area contributed by atoms with Crippen molar-refractivity contribution < 1.29 is 41.0 Å². The number of alkyl halides is 3. The van der Waals surface area contributed by atoms with Gasteiger partial charge in [0.05, 0.1) is 18.8 Å². The van der Waals surface area contributed by atoms with Crippen molar-refractivity contribution in [2.45, 2.75) is 56.2 Å². The van der Waals surface area contributed by atoms with Crippen LogP contribution in [-0.2, 0) is 14.3 Å². The lowest BCUT2D eigenvalue weighted by Gasteiger charge is -2.33. The van der Waals surface area contributed by atoms with Gasteiger partial charge in [0, 0.05) is 10.9 Å². The van der Waals surface area contributed by atoms with Crippen LogP contribution >= 0.6 is 11.6 Å². The molecule has 1 amide bonds. The normalized spacial score (nSPS) is 25.4. The van der Waals surface area contributed by atoms with E-state index in [4.69, 9.17) is 25.5 Å². The number of hydrogen-bond donors (Lipinski definition) is 1. The Morgan fingerprint density at radius 3 is 2.64 bits per heavy atom. The molecule has 4 rings (SSSR count). The fraction of sp³-hybridized carbons (Fsp3) is 0.550. The number of nitrogens with one attached hydrogen (secondary N) is 1. The second-order valence-corrected chi connectivity index (χ2v) is 8.30. The molecule has 2 atom stereocenters. The molecule has 0 unspecified atom stereocenters. The third-order valence-corrected chi connectivity index (χ3v) is 5.60. The highest BCUT2D eigenvalue weighted by Gasteiger charge is 2.42. The summed E-state index contributed by atoms with van der Waals surface area (Å²) in [7, 11) is 0. The summed E-state index contributed by atoms with van der Waals surface area (Å²) in [6.07, 6.45) is -4.67. The van der Waals surface area contributed by atoms with E-state index < -0.39 is 30.3 Å². The van der Waals surface area contributed by atoms with Crippen molar-refractivity contribution in [1.29, 1.82) is 0 Å². The van der Waals surface area contributed by atoms with E-state index in [1.807, 2.05) is 0 Å². The van der Waals surface area contributed by atoms with Crippen LogP contribution in [0.25, 0.3) is 0 Å². The van der Waals surface area contributed by atoms with E-state index in [-0.39, 0.29) is 60.6 Å². The standard InChI is InChI=1S/C20H20ClF4N3O5/c21-11-1-3-15(14(22)7-11)31-9-17(29)26-12-2-4-16(30-8-12)19-28-27-18(32-19)10-5-13(6-10)33-20(23,24)25/h1,3,7,10,12-13,16H,2,4-6,8-9H2,(H,26,29)/t10?,12-,13?,16+/m1/s1. The fourth-order valence-electron chi connectivity index (χ4n) is 3.66. The maximum atomic E-state index is 13.7. The average molecular weight is 494 g/mol. The molecule has 1 saturated carbocycles. The van der Waals surface area contributed by atoms with Gasteiger partial charge in [-0.15, -0.1) is 23.4 Å². The van der Waals surface area contributed by atoms with E-state index in [1.165, 1.54) is 12.1 Å². The van der Waals surface area contributed by atoms with Crippen molar-refractivity contribution in [3.8, 4) is 5.75 Å². The van der Waals surface area contributed by atoms with Crippen LogP contribution in [0.2, 0.25) is 5.02 Å². The summed E-state index contributed by atoms with van der Waals surface area (Å²) in [6.45, 7) is -0.180. The van der Waals surface area contributed by atoms with E-state index in [0.29, 0.717) is 12.8 Å². The number of amides is 1. The van der Waals surface area contributed by atoms with Crippen LogP contribution in [0, 0.1) is 5.82 Å². The predicted octanol–water partition coefficient (Wildman–Crippen LogP) is 4.06.